The summed E-state index contributed by atoms with van der Waals surface area (Å²) in [5.41, 5.74) is -0.213. The van der Waals surface area contributed by atoms with Gasteiger partial charge in [0.2, 0.25) is 0 Å². The van der Waals surface area contributed by atoms with Gasteiger partial charge in [-0.05, 0) is 30.7 Å². The molecule has 5 heteroatoms. The molecule has 0 aliphatic rings. The van der Waals surface area contributed by atoms with E-state index in [1.807, 2.05) is 12.1 Å². The monoisotopic (exact) mass is 278 g/mol. The van der Waals surface area contributed by atoms with Crippen molar-refractivity contribution in [2.24, 2.45) is 0 Å². The van der Waals surface area contributed by atoms with E-state index in [-0.39, 0.29) is 11.3 Å². The van der Waals surface area contributed by atoms with Crippen molar-refractivity contribution in [1.82, 2.24) is 0 Å². The fourth-order valence-electron chi connectivity index (χ4n) is 1.66. The molecule has 98 valence electrons. The number of benzene rings is 1. The summed E-state index contributed by atoms with van der Waals surface area (Å²) in [5, 5.41) is 11.4. The molecule has 2 nitrogen and oxygen atoms in total. The lowest BCUT2D eigenvalue weighted by Gasteiger charge is -2.07. The maximum atomic E-state index is 13.6. The lowest BCUT2D eigenvalue weighted by Crippen LogP contribution is -2.02. The minimum atomic E-state index is -1.10. The summed E-state index contributed by atoms with van der Waals surface area (Å²) >= 11 is 1.64. The van der Waals surface area contributed by atoms with Crippen LogP contribution in [-0.4, -0.2) is 0 Å². The van der Waals surface area contributed by atoms with Gasteiger partial charge in [-0.15, -0.1) is 11.3 Å². The molecule has 0 saturated heterocycles. The molecular weight excluding hydrogens is 266 g/mol. The highest BCUT2D eigenvalue weighted by Crippen LogP contribution is 2.22. The van der Waals surface area contributed by atoms with E-state index in [1.165, 1.54) is 17.0 Å². The number of anilines is 1. The summed E-state index contributed by atoms with van der Waals surface area (Å²) in [6.07, 6.45) is 0.963. The van der Waals surface area contributed by atoms with E-state index in [0.29, 0.717) is 6.54 Å². The van der Waals surface area contributed by atoms with Gasteiger partial charge in [0.1, 0.15) is 6.07 Å². The summed E-state index contributed by atoms with van der Waals surface area (Å²) in [6.45, 7) is 2.51. The molecule has 0 radical (unpaired) electrons. The molecule has 0 fully saturated rings. The lowest BCUT2D eigenvalue weighted by molar-refractivity contribution is 0.508. The van der Waals surface area contributed by atoms with Crippen molar-refractivity contribution < 1.29 is 8.78 Å². The van der Waals surface area contributed by atoms with Crippen LogP contribution >= 0.6 is 11.3 Å². The van der Waals surface area contributed by atoms with E-state index in [2.05, 4.69) is 12.2 Å². The van der Waals surface area contributed by atoms with Crippen molar-refractivity contribution in [2.75, 3.05) is 5.32 Å². The van der Waals surface area contributed by atoms with E-state index < -0.39 is 11.6 Å². The third kappa shape index (κ3) is 2.91. The molecule has 0 atom stereocenters. The molecule has 0 saturated carbocycles. The molecule has 19 heavy (non-hydrogen) atoms. The van der Waals surface area contributed by atoms with Gasteiger partial charge in [0.15, 0.2) is 11.6 Å². The van der Waals surface area contributed by atoms with E-state index in [9.17, 15) is 8.78 Å². The Morgan fingerprint density at radius 2 is 1.89 bits per heavy atom. The van der Waals surface area contributed by atoms with Crippen molar-refractivity contribution in [2.45, 2.75) is 19.9 Å². The van der Waals surface area contributed by atoms with E-state index in [1.54, 1.807) is 17.4 Å². The molecule has 0 amide bonds. The SMILES string of the molecule is CCc1ccc(CNc2ccc(C#N)c(F)c2F)s1. The van der Waals surface area contributed by atoms with Crippen molar-refractivity contribution >= 4 is 17.0 Å². The number of aryl methyl sites for hydroxylation is 1. The molecule has 1 heterocycles. The number of hydrogen-bond donors (Lipinski definition) is 1. The molecule has 0 unspecified atom stereocenters. The van der Waals surface area contributed by atoms with Crippen molar-refractivity contribution in [3.05, 3.63) is 51.2 Å². The third-order valence-electron chi connectivity index (χ3n) is 2.72. The van der Waals surface area contributed by atoms with Gasteiger partial charge in [-0.25, -0.2) is 8.78 Å². The van der Waals surface area contributed by atoms with E-state index in [0.717, 1.165) is 11.3 Å². The number of nitrogens with one attached hydrogen (secondary N) is 1. The predicted octanol–water partition coefficient (Wildman–Crippen LogP) is 4.07. The lowest BCUT2D eigenvalue weighted by atomic mass is 10.2. The molecule has 1 aromatic heterocycles. The van der Waals surface area contributed by atoms with Crippen LogP contribution in [-0.2, 0) is 13.0 Å². The Kier molecular flexibility index (Phi) is 4.13. The second-order valence-corrected chi connectivity index (χ2v) is 5.23. The smallest absolute Gasteiger partial charge is 0.183 e. The van der Waals surface area contributed by atoms with Gasteiger partial charge < -0.3 is 5.32 Å². The molecule has 2 rings (SSSR count). The van der Waals surface area contributed by atoms with Crippen LogP contribution in [0, 0.1) is 23.0 Å². The van der Waals surface area contributed by atoms with E-state index >= 15 is 0 Å². The van der Waals surface area contributed by atoms with Crippen LogP contribution in [0.4, 0.5) is 14.5 Å². The number of halogens is 2. The standard InChI is InChI=1S/C14H12F2N2S/c1-2-10-4-5-11(19-10)8-18-12-6-3-9(7-17)13(15)14(12)16/h3-6,18H,2,8H2,1H3. The molecule has 0 spiro atoms. The fourth-order valence-corrected chi connectivity index (χ4v) is 2.56. The Morgan fingerprint density at radius 1 is 1.16 bits per heavy atom. The first-order valence-corrected chi connectivity index (χ1v) is 6.67. The van der Waals surface area contributed by atoms with Crippen molar-refractivity contribution in [3.63, 3.8) is 0 Å². The van der Waals surface area contributed by atoms with Gasteiger partial charge >= 0.3 is 0 Å². The van der Waals surface area contributed by atoms with Crippen LogP contribution in [0.1, 0.15) is 22.2 Å². The Bertz CT molecular complexity index is 629. The molecule has 0 bridgehead atoms. The Hall–Kier alpha value is -1.93. The van der Waals surface area contributed by atoms with Gasteiger partial charge in [-0.3, -0.25) is 0 Å². The highest BCUT2D eigenvalue weighted by molar-refractivity contribution is 7.12. The number of nitriles is 1. The van der Waals surface area contributed by atoms with Crippen LogP contribution in [0.5, 0.6) is 0 Å². The zero-order chi connectivity index (χ0) is 13.8. The summed E-state index contributed by atoms with van der Waals surface area (Å²) < 4.78 is 27.1. The maximum Gasteiger partial charge on any atom is 0.183 e. The first-order chi connectivity index (χ1) is 9.15. The number of thiophene rings is 1. The van der Waals surface area contributed by atoms with Crippen molar-refractivity contribution in [1.29, 1.82) is 5.26 Å². The highest BCUT2D eigenvalue weighted by Gasteiger charge is 2.13. The second kappa shape index (κ2) is 5.81. The average Bonchev–Trinajstić information content (AvgIpc) is 2.88. The van der Waals surface area contributed by atoms with E-state index in [4.69, 9.17) is 5.26 Å². The molecule has 0 aliphatic carbocycles. The van der Waals surface area contributed by atoms with Crippen molar-refractivity contribution in [3.8, 4) is 6.07 Å². The summed E-state index contributed by atoms with van der Waals surface area (Å²) in [6, 6.07) is 8.25. The minimum Gasteiger partial charge on any atom is -0.378 e. The van der Waals surface area contributed by atoms with Gasteiger partial charge in [0.05, 0.1) is 11.3 Å². The summed E-state index contributed by atoms with van der Waals surface area (Å²) in [5.74, 6) is -2.11. The fraction of sp³-hybridized carbons (Fsp3) is 0.214. The molecule has 0 aliphatic heterocycles. The van der Waals surface area contributed by atoms with Gasteiger partial charge in [-0.2, -0.15) is 5.26 Å². The van der Waals surface area contributed by atoms with Crippen LogP contribution < -0.4 is 5.32 Å². The number of nitrogens with zero attached hydrogens (tertiary/aromatic N) is 1. The van der Waals surface area contributed by atoms with Gasteiger partial charge in [0.25, 0.3) is 0 Å². The Labute approximate surface area is 114 Å². The molecule has 1 N–H and O–H groups in total. The largest absolute Gasteiger partial charge is 0.378 e. The molecular formula is C14H12F2N2S. The van der Waals surface area contributed by atoms with Crippen LogP contribution in [0.2, 0.25) is 0 Å². The summed E-state index contributed by atoms with van der Waals surface area (Å²) in [7, 11) is 0. The maximum absolute atomic E-state index is 13.6. The number of rotatable bonds is 4. The summed E-state index contributed by atoms with van der Waals surface area (Å²) in [4.78, 5) is 2.31. The Morgan fingerprint density at radius 3 is 2.53 bits per heavy atom. The number of hydrogen-bond acceptors (Lipinski definition) is 3. The first kappa shape index (κ1) is 13.5. The van der Waals surface area contributed by atoms with Crippen LogP contribution in [0.3, 0.4) is 0 Å². The third-order valence-corrected chi connectivity index (χ3v) is 3.95. The first-order valence-electron chi connectivity index (χ1n) is 5.85. The predicted molar refractivity (Wildman–Crippen MR) is 72.1 cm³/mol. The molecule has 1 aromatic carbocycles. The Balaban J connectivity index is 2.12. The topological polar surface area (TPSA) is 35.8 Å². The van der Waals surface area contributed by atoms with Gasteiger partial charge in [-0.1, -0.05) is 6.92 Å². The average molecular weight is 278 g/mol. The molecule has 2 aromatic rings. The minimum absolute atomic E-state index is 0.0722. The van der Waals surface area contributed by atoms with Crippen LogP contribution in [0.15, 0.2) is 24.3 Å². The second-order valence-electron chi connectivity index (χ2n) is 3.98. The normalized spacial score (nSPS) is 10.2. The van der Waals surface area contributed by atoms with Gasteiger partial charge in [0, 0.05) is 16.3 Å². The quantitative estimate of drug-likeness (QED) is 0.915. The zero-order valence-electron chi connectivity index (χ0n) is 10.3. The van der Waals surface area contributed by atoms with Crippen LogP contribution in [0.25, 0.3) is 0 Å². The highest BCUT2D eigenvalue weighted by atomic mass is 32.1. The zero-order valence-corrected chi connectivity index (χ0v) is 11.2.